The van der Waals surface area contributed by atoms with Crippen LogP contribution in [0.4, 0.5) is 4.79 Å². The van der Waals surface area contributed by atoms with Crippen molar-refractivity contribution in [3.63, 3.8) is 0 Å². The molecule has 1 aromatic heterocycles. The minimum atomic E-state index is 0.0297. The van der Waals surface area contributed by atoms with E-state index in [0.29, 0.717) is 18.0 Å². The fraction of sp³-hybridized carbons (Fsp3) is 0.696. The van der Waals surface area contributed by atoms with Crippen LogP contribution in [0.3, 0.4) is 0 Å². The monoisotopic (exact) mass is 394 g/mol. The van der Waals surface area contributed by atoms with Crippen molar-refractivity contribution in [2.24, 2.45) is 35.5 Å². The van der Waals surface area contributed by atoms with Gasteiger partial charge in [-0.25, -0.2) is 4.79 Å². The van der Waals surface area contributed by atoms with E-state index in [-0.39, 0.29) is 17.5 Å². The summed E-state index contributed by atoms with van der Waals surface area (Å²) in [5.74, 6) is 4.96. The molecule has 4 aliphatic carbocycles. The van der Waals surface area contributed by atoms with Crippen molar-refractivity contribution in [1.82, 2.24) is 20.5 Å². The number of aromatic nitrogens is 1. The van der Waals surface area contributed by atoms with Gasteiger partial charge >= 0.3 is 6.03 Å². The number of nitrogens with zero attached hydrogens (tertiary/aromatic N) is 2. The van der Waals surface area contributed by atoms with Crippen LogP contribution < -0.4 is 10.6 Å². The van der Waals surface area contributed by atoms with Gasteiger partial charge in [-0.2, -0.15) is 0 Å². The molecule has 1 saturated heterocycles. The standard InChI is InChI=1S/C23H30N4O2/c28-21(15-2-1-5-24-13-15)27-6-3-14(4-7-27)12-25-22(29)26-23-10-17-8-16-9-18(11-23)20(23)19(16)17/h1-2,5,13-14,16-20H,3-4,6-12H2,(H2,25,26,29). The molecule has 154 valence electrons. The number of piperidine rings is 1. The van der Waals surface area contributed by atoms with Crippen LogP contribution in [0, 0.1) is 35.5 Å². The second-order valence-electron chi connectivity index (χ2n) is 10.2. The van der Waals surface area contributed by atoms with Gasteiger partial charge < -0.3 is 15.5 Å². The fourth-order valence-electron chi connectivity index (χ4n) is 7.67. The minimum absolute atomic E-state index is 0.0297. The maximum Gasteiger partial charge on any atom is 0.315 e. The van der Waals surface area contributed by atoms with Gasteiger partial charge in [-0.15, -0.1) is 0 Å². The number of hydrogen-bond acceptors (Lipinski definition) is 3. The highest BCUT2D eigenvalue weighted by Gasteiger charge is 2.72. The van der Waals surface area contributed by atoms with E-state index in [1.54, 1.807) is 18.5 Å². The molecule has 5 fully saturated rings. The maximum atomic E-state index is 12.6. The van der Waals surface area contributed by atoms with Crippen molar-refractivity contribution in [3.8, 4) is 0 Å². The molecule has 3 amide bonds. The third kappa shape index (κ3) is 2.71. The molecule has 6 atom stereocenters. The molecule has 29 heavy (non-hydrogen) atoms. The molecular formula is C23H30N4O2. The van der Waals surface area contributed by atoms with Crippen molar-refractivity contribution in [2.75, 3.05) is 19.6 Å². The third-order valence-electron chi connectivity index (χ3n) is 8.84. The van der Waals surface area contributed by atoms with Crippen LogP contribution in [0.1, 0.15) is 48.9 Å². The number of likely N-dealkylation sites (tertiary alicyclic amines) is 1. The lowest BCUT2D eigenvalue weighted by atomic mass is 9.61. The number of amides is 3. The van der Waals surface area contributed by atoms with Crippen molar-refractivity contribution < 1.29 is 9.59 Å². The lowest BCUT2D eigenvalue weighted by Gasteiger charge is -2.50. The molecule has 6 nitrogen and oxygen atoms in total. The van der Waals surface area contributed by atoms with Gasteiger partial charge in [0.05, 0.1) is 5.56 Å². The summed E-state index contributed by atoms with van der Waals surface area (Å²) < 4.78 is 0. The molecule has 0 spiro atoms. The van der Waals surface area contributed by atoms with Crippen LogP contribution in [0.2, 0.25) is 0 Å². The van der Waals surface area contributed by atoms with Crippen LogP contribution in [0.15, 0.2) is 24.5 Å². The van der Waals surface area contributed by atoms with Gasteiger partial charge in [-0.1, -0.05) is 0 Å². The Morgan fingerprint density at radius 1 is 1.14 bits per heavy atom. The lowest BCUT2D eigenvalue weighted by Crippen LogP contribution is -2.63. The van der Waals surface area contributed by atoms with Crippen LogP contribution >= 0.6 is 0 Å². The molecule has 4 saturated carbocycles. The molecule has 6 heteroatoms. The number of urea groups is 1. The second-order valence-corrected chi connectivity index (χ2v) is 10.2. The summed E-state index contributed by atoms with van der Waals surface area (Å²) in [4.78, 5) is 31.1. The summed E-state index contributed by atoms with van der Waals surface area (Å²) in [6, 6.07) is 3.65. The Hall–Kier alpha value is -2.11. The minimum Gasteiger partial charge on any atom is -0.339 e. The Morgan fingerprint density at radius 3 is 2.72 bits per heavy atom. The summed E-state index contributed by atoms with van der Waals surface area (Å²) in [7, 11) is 0. The van der Waals surface area contributed by atoms with E-state index in [1.807, 2.05) is 11.0 Å². The van der Waals surface area contributed by atoms with E-state index in [0.717, 1.165) is 55.5 Å². The summed E-state index contributed by atoms with van der Waals surface area (Å²) in [6.45, 7) is 2.21. The van der Waals surface area contributed by atoms with Gasteiger partial charge in [0, 0.05) is 37.6 Å². The zero-order valence-corrected chi connectivity index (χ0v) is 16.8. The topological polar surface area (TPSA) is 74.3 Å². The summed E-state index contributed by atoms with van der Waals surface area (Å²) in [5.41, 5.74) is 0.774. The SMILES string of the molecule is O=C(NCC1CCN(C(=O)c2cccnc2)CC1)NC12CC3CC4CC(C1)C2C43. The van der Waals surface area contributed by atoms with E-state index in [2.05, 4.69) is 15.6 Å². The van der Waals surface area contributed by atoms with Crippen LogP contribution in [0.5, 0.6) is 0 Å². The van der Waals surface area contributed by atoms with E-state index in [9.17, 15) is 9.59 Å². The number of pyridine rings is 1. The summed E-state index contributed by atoms with van der Waals surface area (Å²) >= 11 is 0. The van der Waals surface area contributed by atoms with Crippen molar-refractivity contribution in [1.29, 1.82) is 0 Å². The highest BCUT2D eigenvalue weighted by Crippen LogP contribution is 2.74. The molecule has 0 radical (unpaired) electrons. The molecule has 6 unspecified atom stereocenters. The van der Waals surface area contributed by atoms with Gasteiger partial charge in [0.15, 0.2) is 0 Å². The number of rotatable bonds is 4. The van der Waals surface area contributed by atoms with Crippen LogP contribution in [-0.4, -0.2) is 47.0 Å². The second kappa shape index (κ2) is 6.44. The van der Waals surface area contributed by atoms with Gasteiger partial charge in [0.25, 0.3) is 5.91 Å². The Labute approximate surface area is 171 Å². The number of hydrogen-bond donors (Lipinski definition) is 2. The molecule has 1 aliphatic heterocycles. The number of nitrogens with one attached hydrogen (secondary N) is 2. The Morgan fingerprint density at radius 2 is 1.93 bits per heavy atom. The first-order valence-electron chi connectivity index (χ1n) is 11.4. The number of carbonyl (C=O) groups excluding carboxylic acids is 2. The van der Waals surface area contributed by atoms with Crippen molar-refractivity contribution in [2.45, 2.75) is 44.1 Å². The van der Waals surface area contributed by atoms with Crippen molar-refractivity contribution >= 4 is 11.9 Å². The van der Waals surface area contributed by atoms with Gasteiger partial charge in [0.1, 0.15) is 0 Å². The van der Waals surface area contributed by atoms with Gasteiger partial charge in [-0.3, -0.25) is 9.78 Å². The van der Waals surface area contributed by atoms with Crippen molar-refractivity contribution in [3.05, 3.63) is 30.1 Å². The lowest BCUT2D eigenvalue weighted by molar-refractivity contribution is 0.0496. The fourth-order valence-corrected chi connectivity index (χ4v) is 7.67. The first kappa shape index (κ1) is 17.7. The molecule has 5 aliphatic rings. The Bertz CT molecular complexity index is 821. The number of carbonyl (C=O) groups is 2. The molecule has 0 bridgehead atoms. The summed E-state index contributed by atoms with van der Waals surface area (Å²) in [5, 5.41) is 6.57. The predicted octanol–water partition coefficient (Wildman–Crippen LogP) is 2.67. The van der Waals surface area contributed by atoms with Gasteiger partial charge in [-0.05, 0) is 86.2 Å². The van der Waals surface area contributed by atoms with Gasteiger partial charge in [0.2, 0.25) is 0 Å². The molecule has 2 heterocycles. The Kier molecular flexibility index (Phi) is 3.94. The largest absolute Gasteiger partial charge is 0.339 e. The van der Waals surface area contributed by atoms with Crippen LogP contribution in [0.25, 0.3) is 0 Å². The molecular weight excluding hydrogens is 364 g/mol. The third-order valence-corrected chi connectivity index (χ3v) is 8.84. The van der Waals surface area contributed by atoms with E-state index in [1.165, 1.54) is 25.7 Å². The molecule has 2 N–H and O–H groups in total. The van der Waals surface area contributed by atoms with Crippen LogP contribution in [-0.2, 0) is 0 Å². The smallest absolute Gasteiger partial charge is 0.315 e. The highest BCUT2D eigenvalue weighted by atomic mass is 16.2. The average molecular weight is 395 g/mol. The molecule has 1 aromatic rings. The maximum absolute atomic E-state index is 12.6. The molecule has 6 rings (SSSR count). The zero-order chi connectivity index (χ0) is 19.6. The average Bonchev–Trinajstić information content (AvgIpc) is 3.07. The normalized spacial score (nSPS) is 39.3. The van der Waals surface area contributed by atoms with E-state index >= 15 is 0 Å². The first-order valence-corrected chi connectivity index (χ1v) is 11.4. The first-order chi connectivity index (χ1) is 14.1. The predicted molar refractivity (Wildman–Crippen MR) is 108 cm³/mol. The van der Waals surface area contributed by atoms with E-state index in [4.69, 9.17) is 0 Å². The molecule has 0 aromatic carbocycles. The quantitative estimate of drug-likeness (QED) is 0.825. The summed E-state index contributed by atoms with van der Waals surface area (Å²) in [6.07, 6.45) is 10.5. The highest BCUT2D eigenvalue weighted by molar-refractivity contribution is 5.93. The van der Waals surface area contributed by atoms with E-state index < -0.39 is 0 Å². The Balaban J connectivity index is 0.973. The zero-order valence-electron chi connectivity index (χ0n) is 16.8.